The molecule has 0 saturated carbocycles. The van der Waals surface area contributed by atoms with Gasteiger partial charge in [0.25, 0.3) is 5.12 Å². The van der Waals surface area contributed by atoms with E-state index >= 15 is 0 Å². The summed E-state index contributed by atoms with van der Waals surface area (Å²) < 4.78 is 18.8. The Morgan fingerprint density at radius 2 is 0.972 bits per heavy atom. The topological polar surface area (TPSA) is 61.8 Å². The molecule has 0 unspecified atom stereocenters. The summed E-state index contributed by atoms with van der Waals surface area (Å²) in [7, 11) is -2.76. The zero-order chi connectivity index (χ0) is 26.7. The predicted octanol–water partition coefficient (Wildman–Crippen LogP) is 8.91. The maximum Gasteiger partial charge on any atom is 0.500 e. The van der Waals surface area contributed by atoms with Gasteiger partial charge >= 0.3 is 8.80 Å². The van der Waals surface area contributed by atoms with Crippen LogP contribution >= 0.6 is 11.8 Å². The van der Waals surface area contributed by atoms with Crippen molar-refractivity contribution in [2.24, 2.45) is 0 Å². The van der Waals surface area contributed by atoms with Crippen molar-refractivity contribution in [3.63, 3.8) is 0 Å². The third-order valence-corrected chi connectivity index (χ3v) is 10.2. The van der Waals surface area contributed by atoms with Crippen molar-refractivity contribution in [2.45, 2.75) is 149 Å². The van der Waals surface area contributed by atoms with E-state index in [0.717, 1.165) is 69.5 Å². The number of carbonyl (C=O) groups excluding carboxylic acids is 2. The first-order valence-corrected chi connectivity index (χ1v) is 18.1. The van der Waals surface area contributed by atoms with E-state index in [1.165, 1.54) is 51.4 Å². The number of thioether (sulfide) groups is 1. The molecule has 0 spiro atoms. The van der Waals surface area contributed by atoms with Crippen molar-refractivity contribution in [1.29, 1.82) is 0 Å². The summed E-state index contributed by atoms with van der Waals surface area (Å²) >= 11 is 1.16. The van der Waals surface area contributed by atoms with Gasteiger partial charge in [-0.15, -0.1) is 0 Å². The molecule has 0 aliphatic heterocycles. The van der Waals surface area contributed by atoms with Crippen molar-refractivity contribution in [2.75, 3.05) is 25.6 Å². The third-order valence-electron chi connectivity index (χ3n) is 6.31. The molecule has 0 N–H and O–H groups in total. The highest BCUT2D eigenvalue weighted by Crippen LogP contribution is 2.22. The van der Waals surface area contributed by atoms with Gasteiger partial charge < -0.3 is 13.3 Å². The molecule has 0 aromatic rings. The minimum absolute atomic E-state index is 0.222. The van der Waals surface area contributed by atoms with Crippen LogP contribution in [0.1, 0.15) is 143 Å². The predicted molar refractivity (Wildman–Crippen MR) is 157 cm³/mol. The molecule has 0 atom stereocenters. The molecule has 0 saturated heterocycles. The minimum atomic E-state index is -2.76. The van der Waals surface area contributed by atoms with Gasteiger partial charge in [-0.2, -0.15) is 0 Å². The van der Waals surface area contributed by atoms with E-state index in [1.807, 2.05) is 0 Å². The molecule has 0 aromatic heterocycles. The molecular formula is C29H58O5SSi. The van der Waals surface area contributed by atoms with Crippen molar-refractivity contribution in [3.05, 3.63) is 0 Å². The first-order valence-electron chi connectivity index (χ1n) is 15.2. The number of carbonyl (C=O) groups is 2. The number of ketones is 1. The van der Waals surface area contributed by atoms with Gasteiger partial charge in [-0.3, -0.25) is 9.59 Å². The zero-order valence-electron chi connectivity index (χ0n) is 24.2. The van der Waals surface area contributed by atoms with Crippen LogP contribution in [0.5, 0.6) is 0 Å². The lowest BCUT2D eigenvalue weighted by atomic mass is 10.1. The molecule has 5 nitrogen and oxygen atoms in total. The zero-order valence-corrected chi connectivity index (χ0v) is 26.0. The Bertz CT molecular complexity index is 491. The second kappa shape index (κ2) is 26.4. The largest absolute Gasteiger partial charge is 0.500 e. The molecule has 0 amide bonds. The standard InChI is InChI=1S/C29H58O5SSi/c1-5-9-13-14-15-16-17-18-19-20-22-28(30)29(31)35-26-21-27-36(32-23-10-6-2,33-24-11-7-3)34-25-12-8-4/h5-27H2,1-4H3. The number of Topliss-reactive ketones (excluding diaryl/α,β-unsaturated/α-hetero) is 1. The maximum atomic E-state index is 12.3. The van der Waals surface area contributed by atoms with Gasteiger partial charge in [0.15, 0.2) is 0 Å². The molecular weight excluding hydrogens is 488 g/mol. The van der Waals surface area contributed by atoms with Crippen LogP contribution in [-0.4, -0.2) is 45.3 Å². The fourth-order valence-electron chi connectivity index (χ4n) is 3.87. The quantitative estimate of drug-likeness (QED) is 0.0554. The fourth-order valence-corrected chi connectivity index (χ4v) is 7.52. The van der Waals surface area contributed by atoms with Crippen molar-refractivity contribution in [3.8, 4) is 0 Å². The van der Waals surface area contributed by atoms with Crippen LogP contribution in [-0.2, 0) is 22.9 Å². The van der Waals surface area contributed by atoms with E-state index in [9.17, 15) is 9.59 Å². The first-order chi connectivity index (χ1) is 17.5. The third kappa shape index (κ3) is 20.8. The molecule has 0 heterocycles. The smallest absolute Gasteiger partial charge is 0.373 e. The van der Waals surface area contributed by atoms with Gasteiger partial charge in [-0.05, 0) is 32.1 Å². The normalized spacial score (nSPS) is 11.8. The lowest BCUT2D eigenvalue weighted by Gasteiger charge is -2.30. The summed E-state index contributed by atoms with van der Waals surface area (Å²) in [4.78, 5) is 24.6. The summed E-state index contributed by atoms with van der Waals surface area (Å²) in [6.07, 6.45) is 19.6. The van der Waals surface area contributed by atoms with Gasteiger partial charge in [0.05, 0.1) is 0 Å². The van der Waals surface area contributed by atoms with Crippen LogP contribution in [0.2, 0.25) is 6.04 Å². The fraction of sp³-hybridized carbons (Fsp3) is 0.931. The van der Waals surface area contributed by atoms with Gasteiger partial charge in [-0.1, -0.05) is 117 Å². The van der Waals surface area contributed by atoms with Crippen LogP contribution in [0.3, 0.4) is 0 Å². The van der Waals surface area contributed by atoms with Crippen molar-refractivity contribution < 1.29 is 22.9 Å². The van der Waals surface area contributed by atoms with Crippen LogP contribution in [0.25, 0.3) is 0 Å². The van der Waals surface area contributed by atoms with E-state index in [2.05, 4.69) is 27.7 Å². The SMILES string of the molecule is CCCCCCCCCCCCC(=O)C(=O)SCCC[Si](OCCCC)(OCCCC)OCCCC. The average molecular weight is 547 g/mol. The lowest BCUT2D eigenvalue weighted by Crippen LogP contribution is -2.46. The molecule has 214 valence electrons. The highest BCUT2D eigenvalue weighted by Gasteiger charge is 2.40. The highest BCUT2D eigenvalue weighted by atomic mass is 32.2. The van der Waals surface area contributed by atoms with E-state index in [0.29, 0.717) is 38.0 Å². The number of rotatable bonds is 28. The monoisotopic (exact) mass is 546 g/mol. The Morgan fingerprint density at radius 1 is 0.556 bits per heavy atom. The van der Waals surface area contributed by atoms with Crippen molar-refractivity contribution in [1.82, 2.24) is 0 Å². The Kier molecular flexibility index (Phi) is 26.2. The average Bonchev–Trinajstić information content (AvgIpc) is 2.88. The minimum Gasteiger partial charge on any atom is -0.373 e. The molecule has 0 bridgehead atoms. The van der Waals surface area contributed by atoms with E-state index in [4.69, 9.17) is 13.3 Å². The summed E-state index contributed by atoms with van der Waals surface area (Å²) in [6, 6.07) is 0.705. The highest BCUT2D eigenvalue weighted by molar-refractivity contribution is 8.15. The molecule has 0 aromatic carbocycles. The Hall–Kier alpha value is -0.213. The number of hydrogen-bond donors (Lipinski definition) is 0. The number of unbranched alkanes of at least 4 members (excludes halogenated alkanes) is 12. The molecule has 0 fully saturated rings. The van der Waals surface area contributed by atoms with E-state index in [1.54, 1.807) is 0 Å². The second-order valence-electron chi connectivity index (χ2n) is 9.88. The van der Waals surface area contributed by atoms with Crippen LogP contribution in [0.4, 0.5) is 0 Å². The summed E-state index contributed by atoms with van der Waals surface area (Å²) in [6.45, 7) is 10.7. The number of hydrogen-bond acceptors (Lipinski definition) is 6. The molecule has 36 heavy (non-hydrogen) atoms. The van der Waals surface area contributed by atoms with Gasteiger partial charge in [-0.25, -0.2) is 0 Å². The van der Waals surface area contributed by atoms with E-state index < -0.39 is 8.80 Å². The van der Waals surface area contributed by atoms with Gasteiger partial charge in [0.1, 0.15) is 0 Å². The summed E-state index contributed by atoms with van der Waals surface area (Å²) in [5.74, 6) is 0.392. The second-order valence-corrected chi connectivity index (χ2v) is 13.7. The molecule has 7 heteroatoms. The van der Waals surface area contributed by atoms with Crippen LogP contribution < -0.4 is 0 Å². The molecule has 0 aliphatic rings. The molecule has 0 aliphatic carbocycles. The Morgan fingerprint density at radius 3 is 1.42 bits per heavy atom. The van der Waals surface area contributed by atoms with Crippen LogP contribution in [0, 0.1) is 0 Å². The maximum absolute atomic E-state index is 12.3. The molecule has 0 rings (SSSR count). The van der Waals surface area contributed by atoms with Gasteiger partial charge in [0.2, 0.25) is 5.78 Å². The van der Waals surface area contributed by atoms with Crippen molar-refractivity contribution >= 4 is 31.5 Å². The van der Waals surface area contributed by atoms with Crippen LogP contribution in [0.15, 0.2) is 0 Å². The molecule has 0 radical (unpaired) electrons. The van der Waals surface area contributed by atoms with E-state index in [-0.39, 0.29) is 10.9 Å². The Labute approximate surface area is 228 Å². The lowest BCUT2D eigenvalue weighted by molar-refractivity contribution is -0.131. The first kappa shape index (κ1) is 35.8. The van der Waals surface area contributed by atoms with Gasteiger partial charge in [0, 0.05) is 38.0 Å². The Balaban J connectivity index is 4.28. The summed E-state index contributed by atoms with van der Waals surface area (Å²) in [5, 5.41) is -0.288. The summed E-state index contributed by atoms with van der Waals surface area (Å²) in [5.41, 5.74) is 0.